The van der Waals surface area contributed by atoms with Crippen LogP contribution in [0, 0.1) is 16.7 Å². The predicted molar refractivity (Wildman–Crippen MR) is 136 cm³/mol. The molecule has 188 valence electrons. The summed E-state index contributed by atoms with van der Waals surface area (Å²) in [6.45, 7) is 4.12. The van der Waals surface area contributed by atoms with Crippen LogP contribution in [0.25, 0.3) is 0 Å². The second kappa shape index (κ2) is 9.50. The molecule has 2 aromatic rings. The molecule has 1 heterocycles. The molecule has 0 radical (unpaired) electrons. The second-order valence-electron chi connectivity index (χ2n) is 9.64. The van der Waals surface area contributed by atoms with Crippen molar-refractivity contribution >= 4 is 11.5 Å². The molecule has 4 rings (SSSR count). The maximum atomic E-state index is 13.7. The van der Waals surface area contributed by atoms with Crippen LogP contribution in [0.5, 0.6) is 23.0 Å². The molecule has 0 bridgehead atoms. The number of hydrogen-bond acceptors (Lipinski definition) is 8. The number of methoxy groups -OCH3 is 4. The van der Waals surface area contributed by atoms with Crippen LogP contribution >= 0.6 is 0 Å². The molecule has 0 fully saturated rings. The number of nitriles is 1. The SMILES string of the molecule is COc1ccc(C2C(C#N)=C(N)N(c3cc(OC)c(OC)c(OC)c3)C3=C2C(=O)CC(C)(C)C3)cc1. The quantitative estimate of drug-likeness (QED) is 0.624. The molecule has 2 N–H and O–H groups in total. The molecule has 36 heavy (non-hydrogen) atoms. The minimum absolute atomic E-state index is 0.000222. The van der Waals surface area contributed by atoms with E-state index in [0.29, 0.717) is 52.7 Å². The van der Waals surface area contributed by atoms with Crippen molar-refractivity contribution in [2.75, 3.05) is 33.3 Å². The van der Waals surface area contributed by atoms with Crippen LogP contribution in [0.15, 0.2) is 59.1 Å². The number of anilines is 1. The van der Waals surface area contributed by atoms with Crippen molar-refractivity contribution in [2.24, 2.45) is 11.1 Å². The number of hydrogen-bond donors (Lipinski definition) is 1. The summed E-state index contributed by atoms with van der Waals surface area (Å²) >= 11 is 0. The van der Waals surface area contributed by atoms with E-state index in [9.17, 15) is 10.1 Å². The van der Waals surface area contributed by atoms with Gasteiger partial charge in [-0.05, 0) is 29.5 Å². The third-order valence-corrected chi connectivity index (χ3v) is 6.74. The molecule has 8 heteroatoms. The third-order valence-electron chi connectivity index (χ3n) is 6.74. The molecule has 8 nitrogen and oxygen atoms in total. The van der Waals surface area contributed by atoms with E-state index in [1.54, 1.807) is 24.1 Å². The lowest BCUT2D eigenvalue weighted by atomic mass is 9.68. The summed E-state index contributed by atoms with van der Waals surface area (Å²) in [5.41, 5.74) is 9.53. The summed E-state index contributed by atoms with van der Waals surface area (Å²) in [7, 11) is 6.20. The number of allylic oxidation sites excluding steroid dienone is 3. The molecular weight excluding hydrogens is 458 g/mol. The zero-order chi connectivity index (χ0) is 26.2. The maximum absolute atomic E-state index is 13.7. The number of nitrogens with two attached hydrogens (primary N) is 1. The first-order valence-corrected chi connectivity index (χ1v) is 11.6. The summed E-state index contributed by atoms with van der Waals surface area (Å²) in [6, 6.07) is 13.2. The Balaban J connectivity index is 2.00. The van der Waals surface area contributed by atoms with E-state index in [2.05, 4.69) is 19.9 Å². The van der Waals surface area contributed by atoms with E-state index in [1.165, 1.54) is 21.3 Å². The maximum Gasteiger partial charge on any atom is 0.203 e. The van der Waals surface area contributed by atoms with Crippen molar-refractivity contribution in [2.45, 2.75) is 32.6 Å². The smallest absolute Gasteiger partial charge is 0.203 e. The fourth-order valence-electron chi connectivity index (χ4n) is 5.13. The number of benzene rings is 2. The molecule has 1 atom stereocenters. The molecule has 1 aliphatic carbocycles. The Morgan fingerprint density at radius 1 is 0.972 bits per heavy atom. The number of nitrogens with zero attached hydrogens (tertiary/aromatic N) is 2. The van der Waals surface area contributed by atoms with E-state index in [0.717, 1.165) is 11.3 Å². The van der Waals surface area contributed by atoms with E-state index in [-0.39, 0.29) is 17.0 Å². The number of rotatable bonds is 6. The second-order valence-corrected chi connectivity index (χ2v) is 9.64. The van der Waals surface area contributed by atoms with E-state index < -0.39 is 5.92 Å². The van der Waals surface area contributed by atoms with Crippen molar-refractivity contribution in [3.8, 4) is 29.1 Å². The summed E-state index contributed by atoms with van der Waals surface area (Å²) in [6.07, 6.45) is 0.969. The third kappa shape index (κ3) is 4.11. The van der Waals surface area contributed by atoms with Crippen LogP contribution in [0.4, 0.5) is 5.69 Å². The zero-order valence-corrected chi connectivity index (χ0v) is 21.5. The lowest BCUT2D eigenvalue weighted by molar-refractivity contribution is -0.118. The standard InChI is InChI=1S/C28H31N3O5/c1-28(2)13-20-25(21(32)14-28)24(16-7-9-18(33-3)10-8-16)19(15-29)27(30)31(20)17-11-22(34-4)26(36-6)23(12-17)35-5/h7-12,24H,13-14,30H2,1-6H3. The van der Waals surface area contributed by atoms with Gasteiger partial charge in [0.1, 0.15) is 11.6 Å². The first-order valence-electron chi connectivity index (χ1n) is 11.6. The van der Waals surface area contributed by atoms with Crippen molar-refractivity contribution in [3.05, 3.63) is 64.6 Å². The van der Waals surface area contributed by atoms with E-state index in [1.807, 2.05) is 24.3 Å². The molecule has 0 aromatic heterocycles. The van der Waals surface area contributed by atoms with Gasteiger partial charge < -0.3 is 24.7 Å². The van der Waals surface area contributed by atoms with Crippen LogP contribution in [0.2, 0.25) is 0 Å². The Morgan fingerprint density at radius 3 is 2.08 bits per heavy atom. The highest BCUT2D eigenvalue weighted by Crippen LogP contribution is 2.52. The highest BCUT2D eigenvalue weighted by Gasteiger charge is 2.45. The summed E-state index contributed by atoms with van der Waals surface area (Å²) < 4.78 is 21.9. The lowest BCUT2D eigenvalue weighted by Gasteiger charge is -2.44. The summed E-state index contributed by atoms with van der Waals surface area (Å²) in [5.74, 6) is 1.70. The topological polar surface area (TPSA) is 107 Å². The molecule has 2 aliphatic rings. The number of ether oxygens (including phenoxy) is 4. The fourth-order valence-corrected chi connectivity index (χ4v) is 5.13. The zero-order valence-electron chi connectivity index (χ0n) is 21.5. The van der Waals surface area contributed by atoms with Gasteiger partial charge in [0.25, 0.3) is 0 Å². The fraction of sp³-hybridized carbons (Fsp3) is 0.357. The van der Waals surface area contributed by atoms with E-state index in [4.69, 9.17) is 24.7 Å². The molecule has 1 unspecified atom stereocenters. The molecule has 0 spiro atoms. The van der Waals surface area contributed by atoms with Crippen LogP contribution in [0.1, 0.15) is 38.2 Å². The summed E-state index contributed by atoms with van der Waals surface area (Å²) in [4.78, 5) is 15.5. The number of Topliss-reactive ketones (excluding diaryl/α,β-unsaturated/α-hetero) is 1. The minimum atomic E-state index is -0.571. The van der Waals surface area contributed by atoms with Crippen LogP contribution in [-0.2, 0) is 4.79 Å². The van der Waals surface area contributed by atoms with Crippen LogP contribution < -0.4 is 29.6 Å². The highest BCUT2D eigenvalue weighted by atomic mass is 16.5. The van der Waals surface area contributed by atoms with Gasteiger partial charge in [-0.1, -0.05) is 26.0 Å². The minimum Gasteiger partial charge on any atom is -0.497 e. The van der Waals surface area contributed by atoms with Gasteiger partial charge in [0.15, 0.2) is 17.3 Å². The molecule has 0 saturated carbocycles. The van der Waals surface area contributed by atoms with Gasteiger partial charge in [0.05, 0.1) is 51.7 Å². The number of ketones is 1. The average molecular weight is 490 g/mol. The largest absolute Gasteiger partial charge is 0.497 e. The monoisotopic (exact) mass is 489 g/mol. The molecule has 0 saturated heterocycles. The Bertz CT molecular complexity index is 1280. The molecule has 1 aliphatic heterocycles. The van der Waals surface area contributed by atoms with Crippen LogP contribution in [-0.4, -0.2) is 34.2 Å². The average Bonchev–Trinajstić information content (AvgIpc) is 2.86. The van der Waals surface area contributed by atoms with Crippen molar-refractivity contribution in [1.29, 1.82) is 5.26 Å². The van der Waals surface area contributed by atoms with Gasteiger partial charge in [-0.3, -0.25) is 9.69 Å². The van der Waals surface area contributed by atoms with Crippen molar-refractivity contribution in [3.63, 3.8) is 0 Å². The first kappa shape index (κ1) is 25.0. The first-order chi connectivity index (χ1) is 17.2. The van der Waals surface area contributed by atoms with Crippen LogP contribution in [0.3, 0.4) is 0 Å². The van der Waals surface area contributed by atoms with Crippen molar-refractivity contribution in [1.82, 2.24) is 0 Å². The normalized spacial score (nSPS) is 19.0. The Kier molecular flexibility index (Phi) is 6.59. The van der Waals surface area contributed by atoms with Gasteiger partial charge in [-0.2, -0.15) is 5.26 Å². The lowest BCUT2D eigenvalue weighted by Crippen LogP contribution is -2.42. The Hall–Kier alpha value is -4.12. The van der Waals surface area contributed by atoms with Gasteiger partial charge in [0, 0.05) is 29.8 Å². The Morgan fingerprint density at radius 2 is 1.58 bits per heavy atom. The van der Waals surface area contributed by atoms with Gasteiger partial charge in [-0.25, -0.2) is 0 Å². The predicted octanol–water partition coefficient (Wildman–Crippen LogP) is 4.66. The number of carbonyl (C=O) groups excluding carboxylic acids is 1. The van der Waals surface area contributed by atoms with Gasteiger partial charge in [0.2, 0.25) is 5.75 Å². The van der Waals surface area contributed by atoms with Crippen molar-refractivity contribution < 1.29 is 23.7 Å². The summed E-state index contributed by atoms with van der Waals surface area (Å²) in [5, 5.41) is 10.3. The molecule has 2 aromatic carbocycles. The molecule has 0 amide bonds. The molecular formula is C28H31N3O5. The Labute approximate surface area is 211 Å². The van der Waals surface area contributed by atoms with Gasteiger partial charge in [-0.15, -0.1) is 0 Å². The highest BCUT2D eigenvalue weighted by molar-refractivity contribution is 6.01. The van der Waals surface area contributed by atoms with E-state index >= 15 is 0 Å². The number of carbonyl (C=O) groups is 1. The van der Waals surface area contributed by atoms with Gasteiger partial charge >= 0.3 is 0 Å².